The number of oxazole rings is 1. The summed E-state index contributed by atoms with van der Waals surface area (Å²) in [6.07, 6.45) is 1.45. The summed E-state index contributed by atoms with van der Waals surface area (Å²) < 4.78 is 35.9. The van der Waals surface area contributed by atoms with Crippen molar-refractivity contribution in [1.29, 1.82) is 0 Å². The molecule has 1 fully saturated rings. The smallest absolute Gasteiger partial charge is 0.226 e. The second kappa shape index (κ2) is 6.22. The number of nitrogens with zero attached hydrogens (tertiary/aromatic N) is 1. The Bertz CT molecular complexity index is 731. The molecule has 1 aromatic carbocycles. The molecule has 1 aromatic heterocycles. The summed E-state index contributed by atoms with van der Waals surface area (Å²) in [5.41, 5.74) is 1.33. The van der Waals surface area contributed by atoms with E-state index >= 15 is 0 Å². The van der Waals surface area contributed by atoms with Crippen molar-refractivity contribution < 1.29 is 17.6 Å². The maximum Gasteiger partial charge on any atom is 0.226 e. The predicted octanol–water partition coefficient (Wildman–Crippen LogP) is 2.74. The highest BCUT2D eigenvalue weighted by Gasteiger charge is 2.30. The van der Waals surface area contributed by atoms with E-state index < -0.39 is 15.1 Å². The number of ether oxygens (including phenoxy) is 1. The summed E-state index contributed by atoms with van der Waals surface area (Å²) >= 11 is 0. The van der Waals surface area contributed by atoms with Crippen LogP contribution in [0.2, 0.25) is 0 Å². The number of rotatable bonds is 4. The molecule has 0 spiro atoms. The molecule has 22 heavy (non-hydrogen) atoms. The highest BCUT2D eigenvalue weighted by molar-refractivity contribution is 7.91. The average molecular weight is 321 g/mol. The number of benzene rings is 1. The third-order valence-corrected chi connectivity index (χ3v) is 5.94. The fraction of sp³-hybridized carbons (Fsp3) is 0.438. The molecule has 0 bridgehead atoms. The van der Waals surface area contributed by atoms with Gasteiger partial charge in [0, 0.05) is 12.2 Å². The molecule has 0 radical (unpaired) electrons. The summed E-state index contributed by atoms with van der Waals surface area (Å²) in [6, 6.07) is 9.47. The molecule has 3 rings (SSSR count). The molecule has 0 amide bonds. The zero-order valence-corrected chi connectivity index (χ0v) is 13.3. The third-order valence-electron chi connectivity index (χ3n) is 3.88. The average Bonchev–Trinajstić information content (AvgIpc) is 2.89. The minimum atomic E-state index is -3.28. The number of aromatic nitrogens is 1. The zero-order valence-electron chi connectivity index (χ0n) is 12.5. The largest absolute Gasteiger partial charge is 0.441 e. The van der Waals surface area contributed by atoms with Crippen LogP contribution >= 0.6 is 0 Å². The van der Waals surface area contributed by atoms with Crippen LogP contribution < -0.4 is 0 Å². The van der Waals surface area contributed by atoms with Gasteiger partial charge in [0.1, 0.15) is 5.76 Å². The van der Waals surface area contributed by atoms with Gasteiger partial charge in [-0.1, -0.05) is 18.2 Å². The molecular weight excluding hydrogens is 302 g/mol. The number of sulfone groups is 1. The Morgan fingerprint density at radius 1 is 1.27 bits per heavy atom. The Balaban J connectivity index is 1.82. The van der Waals surface area contributed by atoms with Crippen LogP contribution in [0.25, 0.3) is 11.5 Å². The van der Waals surface area contributed by atoms with Gasteiger partial charge in [0.15, 0.2) is 9.84 Å². The van der Waals surface area contributed by atoms with Gasteiger partial charge in [-0.25, -0.2) is 13.4 Å². The summed E-state index contributed by atoms with van der Waals surface area (Å²) in [6.45, 7) is 2.68. The van der Waals surface area contributed by atoms with Gasteiger partial charge in [-0.15, -0.1) is 0 Å². The van der Waals surface area contributed by atoms with E-state index in [1.165, 1.54) is 0 Å². The Morgan fingerprint density at radius 2 is 2.05 bits per heavy atom. The van der Waals surface area contributed by atoms with Crippen LogP contribution in [0.3, 0.4) is 0 Å². The van der Waals surface area contributed by atoms with Crippen LogP contribution in [-0.4, -0.2) is 31.9 Å². The Hall–Kier alpha value is -1.66. The van der Waals surface area contributed by atoms with E-state index in [9.17, 15) is 8.42 Å². The minimum Gasteiger partial charge on any atom is -0.441 e. The Morgan fingerprint density at radius 3 is 2.73 bits per heavy atom. The summed E-state index contributed by atoms with van der Waals surface area (Å²) in [4.78, 5) is 4.37. The molecule has 2 aromatic rings. The van der Waals surface area contributed by atoms with Crippen molar-refractivity contribution in [3.05, 3.63) is 41.8 Å². The SMILES string of the molecule is Cc1oc(-c2ccccc2)nc1CS(=O)(=O)[C@H]1CCCOC1. The van der Waals surface area contributed by atoms with Gasteiger partial charge in [-0.3, -0.25) is 0 Å². The molecule has 0 unspecified atom stereocenters. The molecule has 1 saturated heterocycles. The van der Waals surface area contributed by atoms with Gasteiger partial charge < -0.3 is 9.15 Å². The van der Waals surface area contributed by atoms with Crippen molar-refractivity contribution in [1.82, 2.24) is 4.98 Å². The van der Waals surface area contributed by atoms with Gasteiger partial charge in [-0.05, 0) is 31.9 Å². The van der Waals surface area contributed by atoms with Crippen molar-refractivity contribution in [2.45, 2.75) is 30.8 Å². The van der Waals surface area contributed by atoms with Crippen molar-refractivity contribution in [3.8, 4) is 11.5 Å². The first-order chi connectivity index (χ1) is 10.6. The van der Waals surface area contributed by atoms with E-state index in [0.29, 0.717) is 30.4 Å². The second-order valence-corrected chi connectivity index (χ2v) is 7.82. The molecular formula is C16H19NO4S. The Labute approximate surface area is 130 Å². The van der Waals surface area contributed by atoms with Crippen molar-refractivity contribution in [2.75, 3.05) is 13.2 Å². The van der Waals surface area contributed by atoms with Crippen molar-refractivity contribution >= 4 is 9.84 Å². The summed E-state index contributed by atoms with van der Waals surface area (Å²) in [5.74, 6) is 0.922. The summed E-state index contributed by atoms with van der Waals surface area (Å²) in [7, 11) is -3.28. The zero-order chi connectivity index (χ0) is 15.6. The van der Waals surface area contributed by atoms with E-state index in [1.807, 2.05) is 30.3 Å². The Kier molecular flexibility index (Phi) is 4.31. The molecule has 5 nitrogen and oxygen atoms in total. The molecule has 6 heteroatoms. The lowest BCUT2D eigenvalue weighted by molar-refractivity contribution is 0.0990. The standard InChI is InChI=1S/C16H19NO4S/c1-12-15(11-22(18,19)14-8-5-9-20-10-14)17-16(21-12)13-6-3-2-4-7-13/h2-4,6-7,14H,5,8-11H2,1H3/t14-/m0/s1. The highest BCUT2D eigenvalue weighted by Crippen LogP contribution is 2.25. The lowest BCUT2D eigenvalue weighted by atomic mass is 10.2. The lowest BCUT2D eigenvalue weighted by Gasteiger charge is -2.21. The fourth-order valence-corrected chi connectivity index (χ4v) is 4.28. The fourth-order valence-electron chi connectivity index (χ4n) is 2.57. The van der Waals surface area contributed by atoms with Gasteiger partial charge >= 0.3 is 0 Å². The van der Waals surface area contributed by atoms with Gasteiger partial charge in [0.2, 0.25) is 5.89 Å². The first-order valence-electron chi connectivity index (χ1n) is 7.37. The van der Waals surface area contributed by atoms with Crippen LogP contribution in [0, 0.1) is 6.92 Å². The molecule has 1 aliphatic rings. The highest BCUT2D eigenvalue weighted by atomic mass is 32.2. The van der Waals surface area contributed by atoms with E-state index in [0.717, 1.165) is 12.0 Å². The van der Waals surface area contributed by atoms with Crippen LogP contribution in [0.5, 0.6) is 0 Å². The van der Waals surface area contributed by atoms with E-state index in [-0.39, 0.29) is 12.4 Å². The van der Waals surface area contributed by atoms with Gasteiger partial charge in [0.05, 0.1) is 23.3 Å². The minimum absolute atomic E-state index is 0.0941. The van der Waals surface area contributed by atoms with Crippen LogP contribution in [-0.2, 0) is 20.3 Å². The molecule has 118 valence electrons. The third kappa shape index (κ3) is 3.23. The van der Waals surface area contributed by atoms with E-state index in [4.69, 9.17) is 9.15 Å². The maximum atomic E-state index is 12.5. The molecule has 0 saturated carbocycles. The van der Waals surface area contributed by atoms with Crippen molar-refractivity contribution in [3.63, 3.8) is 0 Å². The molecule has 0 N–H and O–H groups in total. The second-order valence-electron chi connectivity index (χ2n) is 5.53. The van der Waals surface area contributed by atoms with Crippen LogP contribution in [0.15, 0.2) is 34.7 Å². The maximum absolute atomic E-state index is 12.5. The topological polar surface area (TPSA) is 69.4 Å². The lowest BCUT2D eigenvalue weighted by Crippen LogP contribution is -2.32. The molecule has 2 heterocycles. The molecule has 0 aliphatic carbocycles. The molecule has 1 aliphatic heterocycles. The normalized spacial score (nSPS) is 19.2. The number of hydrogen-bond donors (Lipinski definition) is 0. The monoisotopic (exact) mass is 321 g/mol. The first-order valence-corrected chi connectivity index (χ1v) is 9.09. The van der Waals surface area contributed by atoms with Crippen molar-refractivity contribution in [2.24, 2.45) is 0 Å². The number of hydrogen-bond acceptors (Lipinski definition) is 5. The van der Waals surface area contributed by atoms with E-state index in [2.05, 4.69) is 4.98 Å². The van der Waals surface area contributed by atoms with E-state index in [1.54, 1.807) is 6.92 Å². The van der Waals surface area contributed by atoms with Crippen LogP contribution in [0.4, 0.5) is 0 Å². The summed E-state index contributed by atoms with van der Waals surface area (Å²) in [5, 5.41) is -0.433. The first kappa shape index (κ1) is 15.2. The van der Waals surface area contributed by atoms with Gasteiger partial charge in [0.25, 0.3) is 0 Å². The van der Waals surface area contributed by atoms with Gasteiger partial charge in [-0.2, -0.15) is 0 Å². The molecule has 1 atom stereocenters. The number of aryl methyl sites for hydroxylation is 1. The quantitative estimate of drug-likeness (QED) is 0.866. The van der Waals surface area contributed by atoms with Crippen LogP contribution in [0.1, 0.15) is 24.3 Å². The predicted molar refractivity (Wildman–Crippen MR) is 83.1 cm³/mol.